The molecule has 0 bridgehead atoms. The second-order valence-corrected chi connectivity index (χ2v) is 3.15. The standard InChI is InChI=1S/C7H9IN2/c1-3-6-7(8)5(2)9-4-10-6/h4H,3H2,1-2H3. The van der Waals surface area contributed by atoms with E-state index in [0.29, 0.717) is 0 Å². The van der Waals surface area contributed by atoms with E-state index in [1.165, 1.54) is 3.57 Å². The van der Waals surface area contributed by atoms with E-state index in [4.69, 9.17) is 0 Å². The Morgan fingerprint density at radius 2 is 2.20 bits per heavy atom. The van der Waals surface area contributed by atoms with Crippen molar-refractivity contribution in [1.82, 2.24) is 9.97 Å². The summed E-state index contributed by atoms with van der Waals surface area (Å²) in [6.45, 7) is 4.10. The lowest BCUT2D eigenvalue weighted by Gasteiger charge is -2.00. The van der Waals surface area contributed by atoms with Gasteiger partial charge in [0.25, 0.3) is 0 Å². The van der Waals surface area contributed by atoms with Crippen molar-refractivity contribution in [2.24, 2.45) is 0 Å². The Morgan fingerprint density at radius 3 is 2.70 bits per heavy atom. The van der Waals surface area contributed by atoms with Crippen LogP contribution in [0.15, 0.2) is 6.33 Å². The Balaban J connectivity index is 3.14. The minimum Gasteiger partial charge on any atom is -0.241 e. The molecule has 0 amide bonds. The molecule has 2 nitrogen and oxygen atoms in total. The van der Waals surface area contributed by atoms with Crippen LogP contribution in [0.1, 0.15) is 18.3 Å². The molecule has 0 saturated heterocycles. The van der Waals surface area contributed by atoms with Gasteiger partial charge in [-0.05, 0) is 35.9 Å². The van der Waals surface area contributed by atoms with Gasteiger partial charge in [-0.2, -0.15) is 0 Å². The van der Waals surface area contributed by atoms with Crippen LogP contribution in [0.5, 0.6) is 0 Å². The molecular formula is C7H9IN2. The van der Waals surface area contributed by atoms with Crippen LogP contribution < -0.4 is 0 Å². The number of aromatic nitrogens is 2. The van der Waals surface area contributed by atoms with Crippen LogP contribution in [-0.2, 0) is 6.42 Å². The highest BCUT2D eigenvalue weighted by atomic mass is 127. The first-order valence-corrected chi connectivity index (χ1v) is 4.29. The lowest BCUT2D eigenvalue weighted by atomic mass is 10.3. The molecule has 1 heterocycles. The largest absolute Gasteiger partial charge is 0.241 e. The van der Waals surface area contributed by atoms with E-state index < -0.39 is 0 Å². The third-order valence-corrected chi connectivity index (χ3v) is 2.77. The molecule has 0 aliphatic rings. The topological polar surface area (TPSA) is 25.8 Å². The predicted octanol–water partition coefficient (Wildman–Crippen LogP) is 1.95. The van der Waals surface area contributed by atoms with E-state index in [1.54, 1.807) is 6.33 Å². The van der Waals surface area contributed by atoms with E-state index >= 15 is 0 Å². The summed E-state index contributed by atoms with van der Waals surface area (Å²) >= 11 is 2.28. The first-order valence-electron chi connectivity index (χ1n) is 3.21. The molecule has 0 radical (unpaired) electrons. The fourth-order valence-corrected chi connectivity index (χ4v) is 1.41. The minimum atomic E-state index is 0.988. The molecule has 0 N–H and O–H groups in total. The van der Waals surface area contributed by atoms with Crippen molar-refractivity contribution >= 4 is 22.6 Å². The van der Waals surface area contributed by atoms with Gasteiger partial charge in [-0.3, -0.25) is 0 Å². The van der Waals surface area contributed by atoms with Gasteiger partial charge in [-0.25, -0.2) is 9.97 Å². The molecule has 0 atom stereocenters. The number of hydrogen-bond donors (Lipinski definition) is 0. The second kappa shape index (κ2) is 3.27. The van der Waals surface area contributed by atoms with Gasteiger partial charge in [0.15, 0.2) is 0 Å². The van der Waals surface area contributed by atoms with Crippen LogP contribution in [0.3, 0.4) is 0 Å². The van der Waals surface area contributed by atoms with Gasteiger partial charge < -0.3 is 0 Å². The normalized spacial score (nSPS) is 9.90. The molecule has 1 aromatic rings. The van der Waals surface area contributed by atoms with Crippen LogP contribution in [0.2, 0.25) is 0 Å². The Labute approximate surface area is 74.2 Å². The van der Waals surface area contributed by atoms with Crippen LogP contribution >= 0.6 is 22.6 Å². The summed E-state index contributed by atoms with van der Waals surface area (Å²) < 4.78 is 1.20. The lowest BCUT2D eigenvalue weighted by molar-refractivity contribution is 0.957. The van der Waals surface area contributed by atoms with Crippen molar-refractivity contribution in [2.45, 2.75) is 20.3 Å². The summed E-state index contributed by atoms with van der Waals surface area (Å²) in [6.07, 6.45) is 2.61. The van der Waals surface area contributed by atoms with Crippen LogP contribution in [0.4, 0.5) is 0 Å². The molecule has 1 rings (SSSR count). The fourth-order valence-electron chi connectivity index (χ4n) is 0.754. The third-order valence-electron chi connectivity index (χ3n) is 1.37. The van der Waals surface area contributed by atoms with Gasteiger partial charge in [0, 0.05) is 0 Å². The molecule has 10 heavy (non-hydrogen) atoms. The zero-order chi connectivity index (χ0) is 7.56. The van der Waals surface area contributed by atoms with E-state index in [9.17, 15) is 0 Å². The van der Waals surface area contributed by atoms with E-state index in [-0.39, 0.29) is 0 Å². The van der Waals surface area contributed by atoms with Crippen molar-refractivity contribution in [3.8, 4) is 0 Å². The van der Waals surface area contributed by atoms with Gasteiger partial charge in [0.2, 0.25) is 0 Å². The zero-order valence-electron chi connectivity index (χ0n) is 6.06. The van der Waals surface area contributed by atoms with Crippen molar-refractivity contribution in [1.29, 1.82) is 0 Å². The van der Waals surface area contributed by atoms with Gasteiger partial charge in [0.1, 0.15) is 6.33 Å². The Kier molecular flexibility index (Phi) is 2.59. The van der Waals surface area contributed by atoms with E-state index in [2.05, 4.69) is 39.5 Å². The molecule has 0 aliphatic carbocycles. The molecule has 54 valence electrons. The number of rotatable bonds is 1. The lowest BCUT2D eigenvalue weighted by Crippen LogP contribution is -1.96. The highest BCUT2D eigenvalue weighted by Gasteiger charge is 2.00. The maximum Gasteiger partial charge on any atom is 0.116 e. The summed E-state index contributed by atoms with van der Waals surface area (Å²) in [5.41, 5.74) is 2.22. The summed E-state index contributed by atoms with van der Waals surface area (Å²) in [4.78, 5) is 8.21. The Hall–Kier alpha value is -0.190. The third kappa shape index (κ3) is 1.45. The van der Waals surface area contributed by atoms with E-state index in [0.717, 1.165) is 17.8 Å². The van der Waals surface area contributed by atoms with Crippen molar-refractivity contribution < 1.29 is 0 Å². The fraction of sp³-hybridized carbons (Fsp3) is 0.429. The first-order chi connectivity index (χ1) is 4.75. The summed E-state index contributed by atoms with van der Waals surface area (Å²) in [7, 11) is 0. The number of nitrogens with zero attached hydrogens (tertiary/aromatic N) is 2. The average Bonchev–Trinajstić information content (AvgIpc) is 1.95. The smallest absolute Gasteiger partial charge is 0.116 e. The molecule has 0 aromatic carbocycles. The second-order valence-electron chi connectivity index (χ2n) is 2.07. The maximum atomic E-state index is 4.14. The van der Waals surface area contributed by atoms with Crippen molar-refractivity contribution in [2.75, 3.05) is 0 Å². The van der Waals surface area contributed by atoms with Gasteiger partial charge in [0.05, 0.1) is 15.0 Å². The Bertz CT molecular complexity index is 235. The van der Waals surface area contributed by atoms with Crippen molar-refractivity contribution in [3.05, 3.63) is 21.3 Å². The number of aryl methyl sites for hydroxylation is 2. The summed E-state index contributed by atoms with van der Waals surface area (Å²) in [5, 5.41) is 0. The quantitative estimate of drug-likeness (QED) is 0.710. The molecule has 1 aromatic heterocycles. The van der Waals surface area contributed by atoms with Gasteiger partial charge >= 0.3 is 0 Å². The predicted molar refractivity (Wildman–Crippen MR) is 48.9 cm³/mol. The highest BCUT2D eigenvalue weighted by molar-refractivity contribution is 14.1. The molecule has 0 fully saturated rings. The highest BCUT2D eigenvalue weighted by Crippen LogP contribution is 2.11. The molecule has 0 unspecified atom stereocenters. The zero-order valence-corrected chi connectivity index (χ0v) is 8.21. The molecular weight excluding hydrogens is 239 g/mol. The van der Waals surface area contributed by atoms with Gasteiger partial charge in [-0.15, -0.1) is 0 Å². The van der Waals surface area contributed by atoms with Crippen molar-refractivity contribution in [3.63, 3.8) is 0 Å². The van der Waals surface area contributed by atoms with Crippen LogP contribution in [0, 0.1) is 10.5 Å². The SMILES string of the molecule is CCc1ncnc(C)c1I. The van der Waals surface area contributed by atoms with Gasteiger partial charge in [-0.1, -0.05) is 6.92 Å². The summed E-state index contributed by atoms with van der Waals surface area (Å²) in [6, 6.07) is 0. The number of halogens is 1. The van der Waals surface area contributed by atoms with E-state index in [1.807, 2.05) is 6.92 Å². The molecule has 0 saturated carbocycles. The Morgan fingerprint density at radius 1 is 1.50 bits per heavy atom. The monoisotopic (exact) mass is 248 g/mol. The molecule has 3 heteroatoms. The number of hydrogen-bond acceptors (Lipinski definition) is 2. The average molecular weight is 248 g/mol. The first kappa shape index (κ1) is 7.91. The van der Waals surface area contributed by atoms with Crippen LogP contribution in [-0.4, -0.2) is 9.97 Å². The maximum absolute atomic E-state index is 4.14. The van der Waals surface area contributed by atoms with Crippen LogP contribution in [0.25, 0.3) is 0 Å². The molecule has 0 aliphatic heterocycles. The summed E-state index contributed by atoms with van der Waals surface area (Å²) in [5.74, 6) is 0. The minimum absolute atomic E-state index is 0.988. The molecule has 0 spiro atoms.